The highest BCUT2D eigenvalue weighted by Gasteiger charge is 2.27. The zero-order valence-corrected chi connectivity index (χ0v) is 17.3. The molecule has 162 valence electrons. The van der Waals surface area contributed by atoms with E-state index in [9.17, 15) is 14.0 Å². The van der Waals surface area contributed by atoms with Gasteiger partial charge in [0.2, 0.25) is 5.91 Å². The van der Waals surface area contributed by atoms with E-state index in [1.54, 1.807) is 6.07 Å². The molecular weight excluding hydrogens is 401 g/mol. The maximum Gasteiger partial charge on any atom is 0.408 e. The Morgan fingerprint density at radius 1 is 1.19 bits per heavy atom. The molecule has 0 bridgehead atoms. The van der Waals surface area contributed by atoms with E-state index < -0.39 is 23.9 Å². The van der Waals surface area contributed by atoms with Gasteiger partial charge in [-0.05, 0) is 29.7 Å². The first-order chi connectivity index (χ1) is 15.0. The Kier molecular flexibility index (Phi) is 7.31. The predicted octanol–water partition coefficient (Wildman–Crippen LogP) is 3.69. The first-order valence-corrected chi connectivity index (χ1v) is 9.90. The summed E-state index contributed by atoms with van der Waals surface area (Å²) in [5.74, 6) is -1.19. The number of nitrogens with zero attached hydrogens (tertiary/aromatic N) is 3. The number of hydrogen-bond donors (Lipinski definition) is 2. The lowest BCUT2D eigenvalue weighted by Gasteiger charge is -2.23. The van der Waals surface area contributed by atoms with Crippen LogP contribution in [0.3, 0.4) is 0 Å². The van der Waals surface area contributed by atoms with E-state index in [-0.39, 0.29) is 23.9 Å². The molecule has 0 saturated heterocycles. The molecule has 1 aromatic heterocycles. The zero-order chi connectivity index (χ0) is 22.2. The molecule has 2 aromatic carbocycles. The van der Waals surface area contributed by atoms with E-state index in [0.717, 1.165) is 5.56 Å². The number of ether oxygens (including phenoxy) is 1. The van der Waals surface area contributed by atoms with Crippen LogP contribution in [0.1, 0.15) is 25.8 Å². The standard InChI is InChI=1S/C22H24FN5O3/c1-3-15(2)20(27-22(30)31-12-16-7-5-4-6-8-16)21(29)26-17-9-10-19(18(23)11-17)28-14-24-13-25-28/h4-11,13-15,20H,3,12H2,1-2H3,(H,26,29)(H,27,30)/t15-,20-/m0/s1. The zero-order valence-electron chi connectivity index (χ0n) is 17.3. The van der Waals surface area contributed by atoms with Gasteiger partial charge in [-0.1, -0.05) is 50.6 Å². The molecule has 8 nitrogen and oxygen atoms in total. The third-order valence-corrected chi connectivity index (χ3v) is 4.86. The molecule has 0 fully saturated rings. The lowest BCUT2D eigenvalue weighted by Crippen LogP contribution is -2.47. The number of benzene rings is 2. The van der Waals surface area contributed by atoms with Gasteiger partial charge in [0.25, 0.3) is 0 Å². The summed E-state index contributed by atoms with van der Waals surface area (Å²) in [6, 6.07) is 12.6. The Morgan fingerprint density at radius 2 is 1.97 bits per heavy atom. The van der Waals surface area contributed by atoms with Crippen LogP contribution < -0.4 is 10.6 Å². The lowest BCUT2D eigenvalue weighted by molar-refractivity contribution is -0.119. The summed E-state index contributed by atoms with van der Waals surface area (Å²) in [6.07, 6.45) is 2.63. The smallest absolute Gasteiger partial charge is 0.408 e. The molecule has 0 saturated carbocycles. The van der Waals surface area contributed by atoms with Crippen molar-refractivity contribution >= 4 is 17.7 Å². The average molecular weight is 425 g/mol. The SMILES string of the molecule is CC[C@H](C)[C@H](NC(=O)OCc1ccccc1)C(=O)Nc1ccc(-n2cncn2)c(F)c1. The first-order valence-electron chi connectivity index (χ1n) is 9.90. The number of anilines is 1. The second-order valence-electron chi connectivity index (χ2n) is 7.06. The second-order valence-corrected chi connectivity index (χ2v) is 7.06. The maximum atomic E-state index is 14.4. The highest BCUT2D eigenvalue weighted by atomic mass is 19.1. The predicted molar refractivity (Wildman–Crippen MR) is 113 cm³/mol. The van der Waals surface area contributed by atoms with Gasteiger partial charge in [-0.3, -0.25) is 4.79 Å². The van der Waals surface area contributed by atoms with Crippen LogP contribution in [0.5, 0.6) is 0 Å². The molecule has 0 spiro atoms. The summed E-state index contributed by atoms with van der Waals surface area (Å²) in [7, 11) is 0. The van der Waals surface area contributed by atoms with E-state index in [1.165, 1.54) is 29.5 Å². The molecular formula is C22H24FN5O3. The minimum atomic E-state index is -0.841. The Bertz CT molecular complexity index is 1010. The van der Waals surface area contributed by atoms with Crippen molar-refractivity contribution in [3.63, 3.8) is 0 Å². The topological polar surface area (TPSA) is 98.1 Å². The molecule has 9 heteroatoms. The molecule has 2 N–H and O–H groups in total. The van der Waals surface area contributed by atoms with E-state index in [0.29, 0.717) is 6.42 Å². The number of rotatable bonds is 8. The molecule has 3 rings (SSSR count). The van der Waals surface area contributed by atoms with Gasteiger partial charge in [0, 0.05) is 5.69 Å². The van der Waals surface area contributed by atoms with Crippen molar-refractivity contribution in [2.75, 3.05) is 5.32 Å². The Balaban J connectivity index is 1.64. The van der Waals surface area contributed by atoms with E-state index in [4.69, 9.17) is 4.74 Å². The fourth-order valence-electron chi connectivity index (χ4n) is 2.92. The number of nitrogens with one attached hydrogen (secondary N) is 2. The first kappa shape index (κ1) is 21.9. The third kappa shape index (κ3) is 5.88. The fourth-order valence-corrected chi connectivity index (χ4v) is 2.92. The number of hydrogen-bond acceptors (Lipinski definition) is 5. The quantitative estimate of drug-likeness (QED) is 0.574. The Hall–Kier alpha value is -3.75. The van der Waals surface area contributed by atoms with Gasteiger partial charge in [-0.2, -0.15) is 5.10 Å². The lowest BCUT2D eigenvalue weighted by atomic mass is 9.98. The van der Waals surface area contributed by atoms with Crippen LogP contribution in [-0.4, -0.2) is 32.8 Å². The highest BCUT2D eigenvalue weighted by Crippen LogP contribution is 2.19. The number of alkyl carbamates (subject to hydrolysis) is 1. The van der Waals surface area contributed by atoms with Crippen LogP contribution in [0.25, 0.3) is 5.69 Å². The molecule has 2 atom stereocenters. The molecule has 0 aliphatic heterocycles. The van der Waals surface area contributed by atoms with E-state index >= 15 is 0 Å². The number of aromatic nitrogens is 3. The second kappa shape index (κ2) is 10.3. The minimum absolute atomic E-state index is 0.0937. The maximum absolute atomic E-state index is 14.4. The van der Waals surface area contributed by atoms with Crippen LogP contribution >= 0.6 is 0 Å². The molecule has 2 amide bonds. The fraction of sp³-hybridized carbons (Fsp3) is 0.273. The van der Waals surface area contributed by atoms with Crippen molar-refractivity contribution in [2.45, 2.75) is 32.9 Å². The summed E-state index contributed by atoms with van der Waals surface area (Å²) >= 11 is 0. The minimum Gasteiger partial charge on any atom is -0.445 e. The summed E-state index contributed by atoms with van der Waals surface area (Å²) in [4.78, 5) is 28.8. The summed E-state index contributed by atoms with van der Waals surface area (Å²) in [5.41, 5.74) is 1.31. The van der Waals surface area contributed by atoms with Crippen LogP contribution in [0.4, 0.5) is 14.9 Å². The monoisotopic (exact) mass is 425 g/mol. The van der Waals surface area contributed by atoms with Gasteiger partial charge in [0.1, 0.15) is 31.0 Å². The average Bonchev–Trinajstić information content (AvgIpc) is 3.31. The van der Waals surface area contributed by atoms with Crippen molar-refractivity contribution in [1.82, 2.24) is 20.1 Å². The number of carbonyl (C=O) groups excluding carboxylic acids is 2. The highest BCUT2D eigenvalue weighted by molar-refractivity contribution is 5.96. The van der Waals surface area contributed by atoms with Crippen molar-refractivity contribution < 1.29 is 18.7 Å². The summed E-state index contributed by atoms with van der Waals surface area (Å²) in [6.45, 7) is 3.85. The molecule has 0 aliphatic rings. The molecule has 1 heterocycles. The van der Waals surface area contributed by atoms with Crippen molar-refractivity contribution in [3.05, 3.63) is 72.6 Å². The number of amides is 2. The molecule has 0 aliphatic carbocycles. The Morgan fingerprint density at radius 3 is 2.61 bits per heavy atom. The van der Waals surface area contributed by atoms with Gasteiger partial charge >= 0.3 is 6.09 Å². The van der Waals surface area contributed by atoms with Crippen LogP contribution in [0, 0.1) is 11.7 Å². The van der Waals surface area contributed by atoms with Crippen LogP contribution in [0.15, 0.2) is 61.2 Å². The largest absolute Gasteiger partial charge is 0.445 e. The summed E-state index contributed by atoms with van der Waals surface area (Å²) < 4.78 is 20.9. The van der Waals surface area contributed by atoms with E-state index in [1.807, 2.05) is 44.2 Å². The van der Waals surface area contributed by atoms with Gasteiger partial charge in [0.15, 0.2) is 5.82 Å². The van der Waals surface area contributed by atoms with Crippen molar-refractivity contribution in [2.24, 2.45) is 5.92 Å². The van der Waals surface area contributed by atoms with Gasteiger partial charge in [0.05, 0.1) is 0 Å². The van der Waals surface area contributed by atoms with Gasteiger partial charge < -0.3 is 15.4 Å². The van der Waals surface area contributed by atoms with E-state index in [2.05, 4.69) is 20.7 Å². The third-order valence-electron chi connectivity index (χ3n) is 4.86. The molecule has 3 aromatic rings. The van der Waals surface area contributed by atoms with Gasteiger partial charge in [-0.15, -0.1) is 0 Å². The number of halogens is 1. The Labute approximate surface area is 179 Å². The van der Waals surface area contributed by atoms with Gasteiger partial charge in [-0.25, -0.2) is 18.9 Å². The number of carbonyl (C=O) groups is 2. The molecule has 0 unspecified atom stereocenters. The van der Waals surface area contributed by atoms with Crippen LogP contribution in [-0.2, 0) is 16.1 Å². The van der Waals surface area contributed by atoms with Crippen LogP contribution in [0.2, 0.25) is 0 Å². The summed E-state index contributed by atoms with van der Waals surface area (Å²) in [5, 5.41) is 9.16. The molecule has 0 radical (unpaired) electrons. The normalized spacial score (nSPS) is 12.6. The van der Waals surface area contributed by atoms with Crippen molar-refractivity contribution in [3.8, 4) is 5.69 Å². The van der Waals surface area contributed by atoms with Crippen molar-refractivity contribution in [1.29, 1.82) is 0 Å². The molecule has 31 heavy (non-hydrogen) atoms.